The minimum atomic E-state index is -4.80. The van der Waals surface area contributed by atoms with E-state index >= 15 is 0 Å². The fourth-order valence-corrected chi connectivity index (χ4v) is 5.70. The van der Waals surface area contributed by atoms with Crippen molar-refractivity contribution in [3.05, 3.63) is 24.3 Å². The smallest absolute Gasteiger partial charge is 0.406 e. The number of rotatable bonds is 6. The highest BCUT2D eigenvalue weighted by Crippen LogP contribution is 2.30. The quantitative estimate of drug-likeness (QED) is 0.701. The molecule has 2 heterocycles. The molecule has 1 aromatic carbocycles. The zero-order valence-corrected chi connectivity index (χ0v) is 16.8. The van der Waals surface area contributed by atoms with Gasteiger partial charge in [-0.2, -0.15) is 4.31 Å². The molecule has 2 fully saturated rings. The van der Waals surface area contributed by atoms with E-state index in [1.54, 1.807) is 0 Å². The van der Waals surface area contributed by atoms with Gasteiger partial charge < -0.3 is 9.64 Å². The van der Waals surface area contributed by atoms with Crippen molar-refractivity contribution in [1.29, 1.82) is 0 Å². The predicted molar refractivity (Wildman–Crippen MR) is 99.5 cm³/mol. The van der Waals surface area contributed by atoms with Crippen molar-refractivity contribution in [3.8, 4) is 5.75 Å². The summed E-state index contributed by atoms with van der Waals surface area (Å²) in [6.07, 6.45) is -0.0391. The molecule has 3 rings (SSSR count). The van der Waals surface area contributed by atoms with Gasteiger partial charge in [0.25, 0.3) is 0 Å². The molecule has 0 aliphatic carbocycles. The summed E-state index contributed by atoms with van der Waals surface area (Å²) < 4.78 is 68.1. The Morgan fingerprint density at radius 1 is 1.07 bits per heavy atom. The Morgan fingerprint density at radius 2 is 1.71 bits per heavy atom. The van der Waals surface area contributed by atoms with Crippen LogP contribution in [-0.2, 0) is 10.0 Å². The minimum Gasteiger partial charge on any atom is -0.406 e. The lowest BCUT2D eigenvalue weighted by molar-refractivity contribution is -0.274. The van der Waals surface area contributed by atoms with Crippen LogP contribution in [-0.4, -0.2) is 56.2 Å². The normalized spacial score (nSPS) is 23.2. The van der Waals surface area contributed by atoms with Crippen molar-refractivity contribution >= 4 is 10.0 Å². The molecule has 2 aliphatic rings. The molecule has 9 heteroatoms. The summed E-state index contributed by atoms with van der Waals surface area (Å²) in [7, 11) is -3.73. The predicted octanol–water partition coefficient (Wildman–Crippen LogP) is 3.86. The zero-order chi connectivity index (χ0) is 20.4. The molecule has 0 aromatic heterocycles. The highest BCUT2D eigenvalue weighted by molar-refractivity contribution is 7.89. The molecule has 0 saturated carbocycles. The maximum Gasteiger partial charge on any atom is 0.573 e. The van der Waals surface area contributed by atoms with E-state index in [0.29, 0.717) is 6.54 Å². The molecular formula is C19H27F3N2O3S. The van der Waals surface area contributed by atoms with Gasteiger partial charge in [0.05, 0.1) is 4.90 Å². The number of ether oxygens (including phenoxy) is 1. The molecule has 28 heavy (non-hydrogen) atoms. The third-order valence-electron chi connectivity index (χ3n) is 5.64. The molecule has 0 spiro atoms. The van der Waals surface area contributed by atoms with Crippen LogP contribution in [0, 0.1) is 5.92 Å². The van der Waals surface area contributed by atoms with Crippen LogP contribution < -0.4 is 4.74 Å². The van der Waals surface area contributed by atoms with Gasteiger partial charge in [0.2, 0.25) is 10.0 Å². The average Bonchev–Trinajstić information content (AvgIpc) is 3.10. The Kier molecular flexibility index (Phi) is 6.56. The molecular weight excluding hydrogens is 393 g/mol. The van der Waals surface area contributed by atoms with Gasteiger partial charge in [0.1, 0.15) is 5.75 Å². The largest absolute Gasteiger partial charge is 0.573 e. The highest BCUT2D eigenvalue weighted by Gasteiger charge is 2.36. The van der Waals surface area contributed by atoms with Crippen molar-refractivity contribution in [1.82, 2.24) is 9.21 Å². The number of alkyl halides is 3. The molecule has 2 saturated heterocycles. The van der Waals surface area contributed by atoms with Crippen molar-refractivity contribution in [2.45, 2.75) is 56.3 Å². The average molecular weight is 420 g/mol. The van der Waals surface area contributed by atoms with Crippen molar-refractivity contribution < 1.29 is 26.3 Å². The molecule has 1 aromatic rings. The first kappa shape index (κ1) is 21.4. The Balaban J connectivity index is 1.63. The maximum absolute atomic E-state index is 13.0. The number of hydrogen-bond acceptors (Lipinski definition) is 4. The van der Waals surface area contributed by atoms with Crippen LogP contribution in [0.2, 0.25) is 0 Å². The summed E-state index contributed by atoms with van der Waals surface area (Å²) in [4.78, 5) is 2.40. The first-order valence-corrected chi connectivity index (χ1v) is 11.2. The van der Waals surface area contributed by atoms with E-state index < -0.39 is 22.1 Å². The minimum absolute atomic E-state index is 0.000668. The molecule has 5 nitrogen and oxygen atoms in total. The van der Waals surface area contributed by atoms with Crippen molar-refractivity contribution in [3.63, 3.8) is 0 Å². The lowest BCUT2D eigenvalue weighted by atomic mass is 9.99. The number of benzene rings is 1. The Labute approximate surface area is 164 Å². The standard InChI is InChI=1S/C19H27F3N2O3S/c1-15-8-12-23(13-9-15)14-10-16-3-2-11-24(16)28(25,26)18-6-4-17(5-7-18)27-19(20,21)22/h4-7,15-16H,2-3,8-14H2,1H3. The van der Waals surface area contributed by atoms with Gasteiger partial charge in [0, 0.05) is 12.6 Å². The van der Waals surface area contributed by atoms with Gasteiger partial charge in [0.15, 0.2) is 0 Å². The van der Waals surface area contributed by atoms with Crippen LogP contribution in [0.3, 0.4) is 0 Å². The topological polar surface area (TPSA) is 49.9 Å². The fraction of sp³-hybridized carbons (Fsp3) is 0.684. The van der Waals surface area contributed by atoms with E-state index in [1.165, 1.54) is 29.3 Å². The van der Waals surface area contributed by atoms with Gasteiger partial charge in [-0.1, -0.05) is 6.92 Å². The van der Waals surface area contributed by atoms with E-state index in [0.717, 1.165) is 56.9 Å². The summed E-state index contributed by atoms with van der Waals surface area (Å²) in [6.45, 7) is 5.70. The Bertz CT molecular complexity index is 745. The first-order valence-electron chi connectivity index (χ1n) is 9.75. The number of piperidine rings is 1. The number of likely N-dealkylation sites (tertiary alicyclic amines) is 1. The van der Waals surface area contributed by atoms with E-state index in [1.807, 2.05) is 0 Å². The molecule has 2 aliphatic heterocycles. The van der Waals surface area contributed by atoms with Gasteiger partial charge in [-0.15, -0.1) is 13.2 Å². The van der Waals surface area contributed by atoms with E-state index in [-0.39, 0.29) is 10.9 Å². The Hall–Kier alpha value is -1.32. The van der Waals surface area contributed by atoms with Gasteiger partial charge in [-0.3, -0.25) is 0 Å². The van der Waals surface area contributed by atoms with E-state index in [9.17, 15) is 21.6 Å². The number of hydrogen-bond donors (Lipinski definition) is 0. The molecule has 1 unspecified atom stereocenters. The third-order valence-corrected chi connectivity index (χ3v) is 7.61. The lowest BCUT2D eigenvalue weighted by Crippen LogP contribution is -2.40. The van der Waals surface area contributed by atoms with Crippen LogP contribution in [0.15, 0.2) is 29.2 Å². The van der Waals surface area contributed by atoms with Crippen LogP contribution >= 0.6 is 0 Å². The van der Waals surface area contributed by atoms with Crippen molar-refractivity contribution in [2.24, 2.45) is 5.92 Å². The third kappa shape index (κ3) is 5.39. The van der Waals surface area contributed by atoms with Crippen LogP contribution in [0.25, 0.3) is 0 Å². The summed E-state index contributed by atoms with van der Waals surface area (Å²) >= 11 is 0. The maximum atomic E-state index is 13.0. The van der Waals surface area contributed by atoms with E-state index in [4.69, 9.17) is 0 Å². The number of nitrogens with zero attached hydrogens (tertiary/aromatic N) is 2. The zero-order valence-electron chi connectivity index (χ0n) is 16.0. The second-order valence-electron chi connectivity index (χ2n) is 7.74. The Morgan fingerprint density at radius 3 is 2.32 bits per heavy atom. The van der Waals surface area contributed by atoms with Crippen LogP contribution in [0.5, 0.6) is 5.75 Å². The fourth-order valence-electron chi connectivity index (χ4n) is 3.98. The second kappa shape index (κ2) is 8.59. The summed E-state index contributed by atoms with van der Waals surface area (Å²) in [6, 6.07) is 4.38. The number of halogens is 3. The second-order valence-corrected chi connectivity index (χ2v) is 9.63. The van der Waals surface area contributed by atoms with Crippen molar-refractivity contribution in [2.75, 3.05) is 26.2 Å². The van der Waals surface area contributed by atoms with Gasteiger partial charge in [-0.25, -0.2) is 8.42 Å². The van der Waals surface area contributed by atoms with Crippen LogP contribution in [0.1, 0.15) is 39.0 Å². The first-order chi connectivity index (χ1) is 13.1. The van der Waals surface area contributed by atoms with Gasteiger partial charge in [-0.05, 0) is 81.9 Å². The summed E-state index contributed by atoms with van der Waals surface area (Å²) in [5, 5.41) is 0. The lowest BCUT2D eigenvalue weighted by Gasteiger charge is -2.32. The highest BCUT2D eigenvalue weighted by atomic mass is 32.2. The van der Waals surface area contributed by atoms with E-state index in [2.05, 4.69) is 16.6 Å². The molecule has 0 bridgehead atoms. The van der Waals surface area contributed by atoms with Gasteiger partial charge >= 0.3 is 6.36 Å². The summed E-state index contributed by atoms with van der Waals surface area (Å²) in [5.74, 6) is 0.327. The number of sulfonamides is 1. The molecule has 0 N–H and O–H groups in total. The molecule has 0 amide bonds. The monoisotopic (exact) mass is 420 g/mol. The SMILES string of the molecule is CC1CCN(CCC2CCCN2S(=O)(=O)c2ccc(OC(F)(F)F)cc2)CC1. The molecule has 158 valence electrons. The molecule has 0 radical (unpaired) electrons. The summed E-state index contributed by atoms with van der Waals surface area (Å²) in [5.41, 5.74) is 0. The van der Waals surface area contributed by atoms with Crippen LogP contribution in [0.4, 0.5) is 13.2 Å². The molecule has 1 atom stereocenters.